The first kappa shape index (κ1) is 13.3. The van der Waals surface area contributed by atoms with E-state index in [9.17, 15) is 9.59 Å². The van der Waals surface area contributed by atoms with Crippen LogP contribution in [0.1, 0.15) is 10.5 Å². The summed E-state index contributed by atoms with van der Waals surface area (Å²) in [7, 11) is 0. The Labute approximate surface area is 114 Å². The molecule has 0 spiro atoms. The minimum absolute atomic E-state index is 0.120. The number of nitrogens with two attached hydrogens (primary N) is 2. The highest BCUT2D eigenvalue weighted by Gasteiger charge is 2.05. The molecule has 0 saturated carbocycles. The van der Waals surface area contributed by atoms with Crippen LogP contribution in [0.5, 0.6) is 11.5 Å². The van der Waals surface area contributed by atoms with Crippen molar-refractivity contribution in [2.24, 2.45) is 11.5 Å². The summed E-state index contributed by atoms with van der Waals surface area (Å²) in [6.07, 6.45) is 1.43. The van der Waals surface area contributed by atoms with E-state index in [0.717, 1.165) is 0 Å². The van der Waals surface area contributed by atoms with Crippen LogP contribution < -0.4 is 21.5 Å². The largest absolute Gasteiger partial charge is 0.457 e. The third-order valence-corrected chi connectivity index (χ3v) is 2.34. The molecule has 2 aromatic rings. The summed E-state index contributed by atoms with van der Waals surface area (Å²) in [6, 6.07) is 8.97. The lowest BCUT2D eigenvalue weighted by Crippen LogP contribution is -2.19. The van der Waals surface area contributed by atoms with Crippen molar-refractivity contribution in [3.63, 3.8) is 0 Å². The molecule has 1 aromatic carbocycles. The van der Waals surface area contributed by atoms with Crippen LogP contribution in [0.2, 0.25) is 0 Å². The zero-order valence-corrected chi connectivity index (χ0v) is 10.4. The van der Waals surface area contributed by atoms with E-state index in [2.05, 4.69) is 10.3 Å². The normalized spacial score (nSPS) is 9.80. The van der Waals surface area contributed by atoms with E-state index >= 15 is 0 Å². The van der Waals surface area contributed by atoms with Gasteiger partial charge in [-0.2, -0.15) is 0 Å². The number of amides is 3. The molecule has 102 valence electrons. The SMILES string of the molecule is NC(=O)Nc1ccc(Oc2ccnc(C(N)=O)c2)cc1. The number of pyridine rings is 1. The number of nitrogens with one attached hydrogen (secondary N) is 1. The summed E-state index contributed by atoms with van der Waals surface area (Å²) in [5.74, 6) is 0.336. The van der Waals surface area contributed by atoms with Gasteiger partial charge in [-0.15, -0.1) is 0 Å². The molecule has 20 heavy (non-hydrogen) atoms. The van der Waals surface area contributed by atoms with Crippen LogP contribution in [0.25, 0.3) is 0 Å². The van der Waals surface area contributed by atoms with Gasteiger partial charge in [-0.05, 0) is 30.3 Å². The zero-order valence-electron chi connectivity index (χ0n) is 10.4. The summed E-state index contributed by atoms with van der Waals surface area (Å²) in [4.78, 5) is 25.5. The molecule has 7 heteroatoms. The smallest absolute Gasteiger partial charge is 0.316 e. The molecule has 0 aliphatic heterocycles. The van der Waals surface area contributed by atoms with E-state index in [1.807, 2.05) is 0 Å². The van der Waals surface area contributed by atoms with Gasteiger partial charge in [-0.25, -0.2) is 4.79 Å². The number of ether oxygens (including phenoxy) is 1. The Balaban J connectivity index is 2.11. The van der Waals surface area contributed by atoms with E-state index < -0.39 is 11.9 Å². The maximum absolute atomic E-state index is 11.0. The summed E-state index contributed by atoms with van der Waals surface area (Å²) < 4.78 is 5.54. The van der Waals surface area contributed by atoms with Crippen molar-refractivity contribution in [3.8, 4) is 11.5 Å². The average Bonchev–Trinajstić information content (AvgIpc) is 2.41. The predicted molar refractivity (Wildman–Crippen MR) is 72.5 cm³/mol. The highest BCUT2D eigenvalue weighted by atomic mass is 16.5. The number of aromatic nitrogens is 1. The van der Waals surface area contributed by atoms with Gasteiger partial charge in [0.05, 0.1) is 0 Å². The second-order valence-corrected chi connectivity index (χ2v) is 3.86. The Morgan fingerprint density at radius 1 is 1.05 bits per heavy atom. The molecule has 1 aromatic heterocycles. The lowest BCUT2D eigenvalue weighted by atomic mass is 10.3. The summed E-state index contributed by atoms with van der Waals surface area (Å²) >= 11 is 0. The minimum atomic E-state index is -0.640. The van der Waals surface area contributed by atoms with Gasteiger partial charge in [0.2, 0.25) is 0 Å². The Kier molecular flexibility index (Phi) is 3.80. The number of hydrogen-bond acceptors (Lipinski definition) is 4. The van der Waals surface area contributed by atoms with Crippen LogP contribution >= 0.6 is 0 Å². The highest BCUT2D eigenvalue weighted by Crippen LogP contribution is 2.23. The number of nitrogens with zero attached hydrogens (tertiary/aromatic N) is 1. The first-order chi connectivity index (χ1) is 9.54. The van der Waals surface area contributed by atoms with E-state index in [-0.39, 0.29) is 5.69 Å². The fourth-order valence-electron chi connectivity index (χ4n) is 1.49. The van der Waals surface area contributed by atoms with E-state index in [1.54, 1.807) is 30.3 Å². The van der Waals surface area contributed by atoms with Gasteiger partial charge >= 0.3 is 6.03 Å². The van der Waals surface area contributed by atoms with Gasteiger partial charge in [0.1, 0.15) is 17.2 Å². The maximum Gasteiger partial charge on any atom is 0.316 e. The minimum Gasteiger partial charge on any atom is -0.457 e. The van der Waals surface area contributed by atoms with Gasteiger partial charge in [-0.1, -0.05) is 0 Å². The van der Waals surface area contributed by atoms with Gasteiger partial charge in [0, 0.05) is 18.0 Å². The third kappa shape index (κ3) is 3.45. The zero-order chi connectivity index (χ0) is 14.5. The summed E-state index contributed by atoms with van der Waals surface area (Å²) in [5.41, 5.74) is 10.8. The van der Waals surface area contributed by atoms with Crippen molar-refractivity contribution >= 4 is 17.6 Å². The highest BCUT2D eigenvalue weighted by molar-refractivity contribution is 5.91. The van der Waals surface area contributed by atoms with Crippen LogP contribution in [0.3, 0.4) is 0 Å². The van der Waals surface area contributed by atoms with Gasteiger partial charge < -0.3 is 21.5 Å². The van der Waals surface area contributed by atoms with Crippen LogP contribution in [0.4, 0.5) is 10.5 Å². The molecule has 0 aliphatic rings. The van der Waals surface area contributed by atoms with E-state index in [0.29, 0.717) is 17.2 Å². The Bertz CT molecular complexity index is 640. The quantitative estimate of drug-likeness (QED) is 0.780. The Morgan fingerprint density at radius 2 is 1.75 bits per heavy atom. The molecule has 0 fully saturated rings. The first-order valence-corrected chi connectivity index (χ1v) is 5.65. The van der Waals surface area contributed by atoms with Crippen molar-refractivity contribution in [2.75, 3.05) is 5.32 Å². The topological polar surface area (TPSA) is 120 Å². The molecule has 0 aliphatic carbocycles. The molecule has 0 bridgehead atoms. The number of rotatable bonds is 4. The lowest BCUT2D eigenvalue weighted by molar-refractivity contribution is 0.0995. The van der Waals surface area contributed by atoms with Crippen LogP contribution in [-0.4, -0.2) is 16.9 Å². The summed E-state index contributed by atoms with van der Waals surface area (Å²) in [6.45, 7) is 0. The Hall–Kier alpha value is -3.09. The van der Waals surface area contributed by atoms with Crippen LogP contribution in [0.15, 0.2) is 42.6 Å². The number of primary amides is 2. The molecule has 3 amide bonds. The average molecular weight is 272 g/mol. The predicted octanol–water partition coefficient (Wildman–Crippen LogP) is 1.46. The van der Waals surface area contributed by atoms with Crippen molar-refractivity contribution in [3.05, 3.63) is 48.3 Å². The van der Waals surface area contributed by atoms with Crippen molar-refractivity contribution in [2.45, 2.75) is 0 Å². The van der Waals surface area contributed by atoms with Crippen molar-refractivity contribution in [1.29, 1.82) is 0 Å². The standard InChI is InChI=1S/C13H12N4O3/c14-12(18)11-7-10(5-6-16-11)20-9-3-1-8(2-4-9)17-13(15)19/h1-7H,(H2,14,18)(H3,15,17,19). The summed E-state index contributed by atoms with van der Waals surface area (Å²) in [5, 5.41) is 2.43. The number of benzene rings is 1. The van der Waals surface area contributed by atoms with E-state index in [4.69, 9.17) is 16.2 Å². The number of urea groups is 1. The number of carbonyl (C=O) groups excluding carboxylic acids is 2. The third-order valence-electron chi connectivity index (χ3n) is 2.34. The lowest BCUT2D eigenvalue weighted by Gasteiger charge is -2.07. The van der Waals surface area contributed by atoms with Gasteiger partial charge in [-0.3, -0.25) is 9.78 Å². The number of carbonyl (C=O) groups is 2. The molecular formula is C13H12N4O3. The number of hydrogen-bond donors (Lipinski definition) is 3. The molecule has 0 radical (unpaired) electrons. The van der Waals surface area contributed by atoms with Crippen molar-refractivity contribution < 1.29 is 14.3 Å². The van der Waals surface area contributed by atoms with E-state index in [1.165, 1.54) is 12.3 Å². The van der Waals surface area contributed by atoms with Crippen molar-refractivity contribution in [1.82, 2.24) is 4.98 Å². The molecule has 7 nitrogen and oxygen atoms in total. The monoisotopic (exact) mass is 272 g/mol. The van der Waals surface area contributed by atoms with Gasteiger partial charge in [0.15, 0.2) is 0 Å². The van der Waals surface area contributed by atoms with Crippen LogP contribution in [-0.2, 0) is 0 Å². The molecule has 5 N–H and O–H groups in total. The van der Waals surface area contributed by atoms with Gasteiger partial charge in [0.25, 0.3) is 5.91 Å². The fraction of sp³-hybridized carbons (Fsp3) is 0. The molecule has 1 heterocycles. The number of anilines is 1. The second-order valence-electron chi connectivity index (χ2n) is 3.86. The second kappa shape index (κ2) is 5.70. The maximum atomic E-state index is 11.0. The van der Waals surface area contributed by atoms with Crippen LogP contribution in [0, 0.1) is 0 Å². The Morgan fingerprint density at radius 3 is 2.35 bits per heavy atom. The first-order valence-electron chi connectivity index (χ1n) is 5.65. The molecule has 0 unspecified atom stereocenters. The molecule has 0 saturated heterocycles. The fourth-order valence-corrected chi connectivity index (χ4v) is 1.49. The molecule has 2 rings (SSSR count). The molecule has 0 atom stereocenters. The molecular weight excluding hydrogens is 260 g/mol.